The molecule has 0 radical (unpaired) electrons. The second-order valence-corrected chi connectivity index (χ2v) is 7.08. The van der Waals surface area contributed by atoms with Crippen LogP contribution in [0.4, 0.5) is 5.69 Å². The smallest absolute Gasteiger partial charge is 0.237 e. The molecular formula is C18H16N2O4S. The lowest BCUT2D eigenvalue weighted by atomic mass is 10.1. The van der Waals surface area contributed by atoms with E-state index >= 15 is 0 Å². The lowest BCUT2D eigenvalue weighted by Gasteiger charge is -2.20. The van der Waals surface area contributed by atoms with Crippen molar-refractivity contribution in [3.05, 3.63) is 48.0 Å². The number of para-hydroxylation sites is 1. The van der Waals surface area contributed by atoms with Gasteiger partial charge in [0.05, 0.1) is 5.69 Å². The van der Waals surface area contributed by atoms with Crippen LogP contribution < -0.4 is 20.1 Å². The van der Waals surface area contributed by atoms with Crippen LogP contribution in [0.1, 0.15) is 17.2 Å². The third-order valence-corrected chi connectivity index (χ3v) is 5.49. The molecule has 0 saturated carbocycles. The highest BCUT2D eigenvalue weighted by atomic mass is 32.2. The third kappa shape index (κ3) is 3.02. The quantitative estimate of drug-likeness (QED) is 0.914. The van der Waals surface area contributed by atoms with Crippen LogP contribution in [0.3, 0.4) is 0 Å². The molecule has 2 aromatic rings. The van der Waals surface area contributed by atoms with Gasteiger partial charge in [-0.1, -0.05) is 18.2 Å². The van der Waals surface area contributed by atoms with Crippen molar-refractivity contribution in [2.45, 2.75) is 16.6 Å². The maximum absolute atomic E-state index is 12.8. The summed E-state index contributed by atoms with van der Waals surface area (Å²) in [5.41, 5.74) is 7.04. The number of carbonyl (C=O) groups excluding carboxylic acids is 2. The summed E-state index contributed by atoms with van der Waals surface area (Å²) in [5.74, 6) is 0.745. The molecule has 0 fully saturated rings. The third-order valence-electron chi connectivity index (χ3n) is 4.17. The summed E-state index contributed by atoms with van der Waals surface area (Å²) in [5, 5.41) is -0.0824. The van der Waals surface area contributed by atoms with E-state index in [4.69, 9.17) is 15.2 Å². The summed E-state index contributed by atoms with van der Waals surface area (Å²) in [4.78, 5) is 26.6. The van der Waals surface area contributed by atoms with Crippen LogP contribution in [0.15, 0.2) is 47.4 Å². The first-order chi connectivity index (χ1) is 12.1. The van der Waals surface area contributed by atoms with Crippen LogP contribution in [0, 0.1) is 0 Å². The van der Waals surface area contributed by atoms with Gasteiger partial charge >= 0.3 is 0 Å². The molecule has 2 N–H and O–H groups in total. The standard InChI is InChI=1S/C18H16N2O4S/c19-17(21)9-20-12-3-1-2-4-15(12)25-16(8-18(20)22)11-5-6-13-14(7-11)24-10-23-13/h1-7,16H,8-10H2,(H2,19,21). The molecule has 25 heavy (non-hydrogen) atoms. The molecule has 7 heteroatoms. The molecule has 0 bridgehead atoms. The number of rotatable bonds is 3. The zero-order chi connectivity index (χ0) is 17.4. The van der Waals surface area contributed by atoms with E-state index in [0.717, 1.165) is 16.1 Å². The Labute approximate surface area is 148 Å². The Bertz CT molecular complexity index is 855. The molecule has 0 aromatic heterocycles. The van der Waals surface area contributed by atoms with Gasteiger partial charge in [-0.2, -0.15) is 0 Å². The van der Waals surface area contributed by atoms with Crippen LogP contribution in [0.25, 0.3) is 0 Å². The highest BCUT2D eigenvalue weighted by Gasteiger charge is 2.30. The van der Waals surface area contributed by atoms with Gasteiger partial charge in [0.1, 0.15) is 6.54 Å². The number of thioether (sulfide) groups is 1. The van der Waals surface area contributed by atoms with Gasteiger partial charge in [0.2, 0.25) is 18.6 Å². The molecule has 128 valence electrons. The lowest BCUT2D eigenvalue weighted by Crippen LogP contribution is -2.38. The zero-order valence-electron chi connectivity index (χ0n) is 13.3. The first kappa shape index (κ1) is 15.8. The molecule has 2 aliphatic rings. The number of amides is 2. The van der Waals surface area contributed by atoms with Crippen LogP contribution in [0.5, 0.6) is 11.5 Å². The van der Waals surface area contributed by atoms with Gasteiger partial charge in [0, 0.05) is 16.6 Å². The van der Waals surface area contributed by atoms with E-state index in [9.17, 15) is 9.59 Å². The van der Waals surface area contributed by atoms with E-state index in [1.54, 1.807) is 11.8 Å². The topological polar surface area (TPSA) is 81.9 Å². The van der Waals surface area contributed by atoms with Gasteiger partial charge < -0.3 is 20.1 Å². The Hall–Kier alpha value is -2.67. The van der Waals surface area contributed by atoms with E-state index < -0.39 is 5.91 Å². The minimum atomic E-state index is -0.533. The zero-order valence-corrected chi connectivity index (χ0v) is 14.1. The number of carbonyl (C=O) groups is 2. The predicted molar refractivity (Wildman–Crippen MR) is 93.8 cm³/mol. The molecule has 2 amide bonds. The van der Waals surface area contributed by atoms with Crippen molar-refractivity contribution in [1.82, 2.24) is 0 Å². The number of nitrogens with two attached hydrogens (primary N) is 1. The lowest BCUT2D eigenvalue weighted by molar-refractivity contribution is -0.122. The van der Waals surface area contributed by atoms with Crippen molar-refractivity contribution in [3.8, 4) is 11.5 Å². The number of primary amides is 1. The van der Waals surface area contributed by atoms with Crippen molar-refractivity contribution in [3.63, 3.8) is 0 Å². The molecule has 6 nitrogen and oxygen atoms in total. The number of nitrogens with zero attached hydrogens (tertiary/aromatic N) is 1. The van der Waals surface area contributed by atoms with Gasteiger partial charge in [-0.3, -0.25) is 9.59 Å². The summed E-state index contributed by atoms with van der Waals surface area (Å²) in [7, 11) is 0. The second-order valence-electron chi connectivity index (χ2n) is 5.84. The van der Waals surface area contributed by atoms with Crippen LogP contribution >= 0.6 is 11.8 Å². The minimum absolute atomic E-state index is 0.0824. The molecule has 2 aromatic carbocycles. The van der Waals surface area contributed by atoms with Crippen molar-refractivity contribution >= 4 is 29.3 Å². The van der Waals surface area contributed by atoms with Crippen molar-refractivity contribution in [1.29, 1.82) is 0 Å². The molecule has 1 atom stereocenters. The first-order valence-corrected chi connectivity index (χ1v) is 8.73. The van der Waals surface area contributed by atoms with Crippen molar-refractivity contribution in [2.24, 2.45) is 5.73 Å². The maximum atomic E-state index is 12.8. The molecule has 1 unspecified atom stereocenters. The van der Waals surface area contributed by atoms with E-state index in [2.05, 4.69) is 0 Å². The summed E-state index contributed by atoms with van der Waals surface area (Å²) < 4.78 is 10.8. The Kier molecular flexibility index (Phi) is 4.01. The van der Waals surface area contributed by atoms with E-state index in [1.807, 2.05) is 42.5 Å². The fraction of sp³-hybridized carbons (Fsp3) is 0.222. The van der Waals surface area contributed by atoms with Crippen molar-refractivity contribution in [2.75, 3.05) is 18.2 Å². The van der Waals surface area contributed by atoms with Crippen molar-refractivity contribution < 1.29 is 19.1 Å². The van der Waals surface area contributed by atoms with Gasteiger partial charge in [0.15, 0.2) is 11.5 Å². The highest BCUT2D eigenvalue weighted by molar-refractivity contribution is 7.99. The summed E-state index contributed by atoms with van der Waals surface area (Å²) in [6.45, 7) is 0.0923. The van der Waals surface area contributed by atoms with E-state index in [1.165, 1.54) is 4.90 Å². The summed E-state index contributed by atoms with van der Waals surface area (Å²) in [6, 6.07) is 13.3. The number of hydrogen-bond donors (Lipinski definition) is 1. The Morgan fingerprint density at radius 1 is 1.20 bits per heavy atom. The Morgan fingerprint density at radius 2 is 2.00 bits per heavy atom. The number of ether oxygens (including phenoxy) is 2. The van der Waals surface area contributed by atoms with Crippen LogP contribution in [0.2, 0.25) is 0 Å². The Balaban J connectivity index is 1.71. The largest absolute Gasteiger partial charge is 0.454 e. The number of fused-ring (bicyclic) bond motifs is 2. The molecule has 0 spiro atoms. The maximum Gasteiger partial charge on any atom is 0.237 e. The number of anilines is 1. The predicted octanol–water partition coefficient (Wildman–Crippen LogP) is 2.47. The fourth-order valence-corrected chi connectivity index (χ4v) is 4.28. The van der Waals surface area contributed by atoms with Gasteiger partial charge in [-0.25, -0.2) is 0 Å². The Morgan fingerprint density at radius 3 is 2.84 bits per heavy atom. The SMILES string of the molecule is NC(=O)CN1C(=O)CC(c2ccc3c(c2)OCO3)Sc2ccccc21. The summed E-state index contributed by atoms with van der Waals surface area (Å²) in [6.07, 6.45) is 0.270. The van der Waals surface area contributed by atoms with Gasteiger partial charge in [0.25, 0.3) is 0 Å². The fourth-order valence-electron chi connectivity index (χ4n) is 3.01. The number of hydrogen-bond acceptors (Lipinski definition) is 5. The first-order valence-electron chi connectivity index (χ1n) is 7.86. The van der Waals surface area contributed by atoms with Gasteiger partial charge in [-0.15, -0.1) is 11.8 Å². The molecule has 2 heterocycles. The number of benzene rings is 2. The van der Waals surface area contributed by atoms with Gasteiger partial charge in [-0.05, 0) is 29.8 Å². The van der Waals surface area contributed by atoms with E-state index in [-0.39, 0.29) is 30.9 Å². The average molecular weight is 356 g/mol. The second kappa shape index (κ2) is 6.33. The molecular weight excluding hydrogens is 340 g/mol. The molecule has 0 aliphatic carbocycles. The van der Waals surface area contributed by atoms with Crippen LogP contribution in [-0.2, 0) is 9.59 Å². The van der Waals surface area contributed by atoms with E-state index in [0.29, 0.717) is 11.5 Å². The molecule has 0 saturated heterocycles. The van der Waals surface area contributed by atoms with Crippen LogP contribution in [-0.4, -0.2) is 25.2 Å². The normalized spacial score (nSPS) is 18.6. The molecule has 4 rings (SSSR count). The average Bonchev–Trinajstić information content (AvgIpc) is 3.02. The minimum Gasteiger partial charge on any atom is -0.454 e. The highest BCUT2D eigenvalue weighted by Crippen LogP contribution is 2.47. The summed E-state index contributed by atoms with van der Waals surface area (Å²) >= 11 is 1.60. The molecule has 2 aliphatic heterocycles. The monoisotopic (exact) mass is 356 g/mol.